The van der Waals surface area contributed by atoms with Crippen LogP contribution in [0.1, 0.15) is 105 Å². The fraction of sp³-hybridized carbons (Fsp3) is 0.600. The van der Waals surface area contributed by atoms with Crippen LogP contribution < -0.4 is 0 Å². The zero-order valence-corrected chi connectivity index (χ0v) is 25.3. The molecule has 3 unspecified atom stereocenters. The molecule has 1 aliphatic heterocycles. The first-order chi connectivity index (χ1) is 19.9. The van der Waals surface area contributed by atoms with Crippen LogP contribution in [-0.4, -0.2) is 29.9 Å². The van der Waals surface area contributed by atoms with E-state index in [1.165, 1.54) is 11.6 Å². The van der Waals surface area contributed by atoms with Crippen molar-refractivity contribution in [2.75, 3.05) is 13.2 Å². The Balaban J connectivity index is 1.26. The van der Waals surface area contributed by atoms with Crippen molar-refractivity contribution in [2.45, 2.75) is 91.3 Å². The largest absolute Gasteiger partial charge is 0.462 e. The summed E-state index contributed by atoms with van der Waals surface area (Å²) in [5.74, 6) is 1.89. The van der Waals surface area contributed by atoms with Crippen molar-refractivity contribution >= 4 is 11.9 Å². The van der Waals surface area contributed by atoms with Crippen LogP contribution in [0.5, 0.6) is 0 Å². The molecule has 1 heterocycles. The number of esters is 1. The van der Waals surface area contributed by atoms with Gasteiger partial charge in [-0.3, -0.25) is 4.79 Å². The number of ether oxygens (including phenoxy) is 1. The molecule has 0 aromatic heterocycles. The van der Waals surface area contributed by atoms with Crippen LogP contribution in [0.15, 0.2) is 42.5 Å². The maximum Gasteiger partial charge on any atom is 0.416 e. The molecule has 5 rings (SSSR count). The number of carbonyl (C=O) groups is 2. The van der Waals surface area contributed by atoms with Crippen molar-refractivity contribution in [3.05, 3.63) is 70.3 Å². The Kier molecular flexibility index (Phi) is 8.78. The first-order valence-electron chi connectivity index (χ1n) is 15.7. The molecule has 2 fully saturated rings. The lowest BCUT2D eigenvalue weighted by Crippen LogP contribution is -2.47. The van der Waals surface area contributed by atoms with Gasteiger partial charge in [-0.1, -0.05) is 39.0 Å². The fourth-order valence-electron chi connectivity index (χ4n) is 8.18. The van der Waals surface area contributed by atoms with E-state index >= 15 is 0 Å². The fourth-order valence-corrected chi connectivity index (χ4v) is 8.18. The molecule has 0 spiro atoms. The Labute approximate surface area is 248 Å². The van der Waals surface area contributed by atoms with Gasteiger partial charge in [0.25, 0.3) is 0 Å². The van der Waals surface area contributed by atoms with Gasteiger partial charge in [-0.2, -0.15) is 13.2 Å². The average Bonchev–Trinajstić information content (AvgIpc) is 3.43. The van der Waals surface area contributed by atoms with E-state index in [1.54, 1.807) is 6.07 Å². The highest BCUT2D eigenvalue weighted by Gasteiger charge is 2.51. The number of halogens is 3. The molecule has 0 saturated heterocycles. The normalized spacial score (nSPS) is 28.0. The third kappa shape index (κ3) is 5.98. The van der Waals surface area contributed by atoms with Gasteiger partial charge >= 0.3 is 12.1 Å². The summed E-state index contributed by atoms with van der Waals surface area (Å²) in [6.45, 7) is 9.56. The summed E-state index contributed by atoms with van der Waals surface area (Å²) >= 11 is 0. The van der Waals surface area contributed by atoms with E-state index in [-0.39, 0.29) is 24.3 Å². The summed E-state index contributed by atoms with van der Waals surface area (Å²) in [6, 6.07) is 11.8. The molecule has 4 nitrogen and oxygen atoms in total. The van der Waals surface area contributed by atoms with Crippen molar-refractivity contribution in [3.63, 3.8) is 0 Å². The topological polar surface area (TPSA) is 46.6 Å². The van der Waals surface area contributed by atoms with Gasteiger partial charge in [0, 0.05) is 13.1 Å². The third-order valence-electron chi connectivity index (χ3n) is 10.7. The maximum atomic E-state index is 14.2. The first-order valence-corrected chi connectivity index (χ1v) is 15.7. The number of alkyl halides is 3. The molecule has 5 atom stereocenters. The second-order valence-electron chi connectivity index (χ2n) is 13.3. The second kappa shape index (κ2) is 12.0. The monoisotopic (exact) mass is 583 g/mol. The molecule has 7 heteroatoms. The number of hydrogen-bond acceptors (Lipinski definition) is 3. The van der Waals surface area contributed by atoms with E-state index < -0.39 is 17.2 Å². The van der Waals surface area contributed by atoms with E-state index in [2.05, 4.69) is 26.8 Å². The Bertz CT molecular complexity index is 1300. The van der Waals surface area contributed by atoms with Gasteiger partial charge in [0.1, 0.15) is 0 Å². The molecule has 0 bridgehead atoms. The van der Waals surface area contributed by atoms with Gasteiger partial charge in [0.05, 0.1) is 23.1 Å². The van der Waals surface area contributed by atoms with Gasteiger partial charge in [-0.05, 0) is 122 Å². The van der Waals surface area contributed by atoms with E-state index in [0.29, 0.717) is 54.4 Å². The predicted octanol–water partition coefficient (Wildman–Crippen LogP) is 8.43. The van der Waals surface area contributed by atoms with Gasteiger partial charge < -0.3 is 9.64 Å². The molecular formula is C35H44F3NO3. The third-order valence-corrected chi connectivity index (χ3v) is 10.7. The molecule has 3 aliphatic rings. The highest BCUT2D eigenvalue weighted by molar-refractivity contribution is 5.89. The Morgan fingerprint density at radius 3 is 2.52 bits per heavy atom. The molecule has 42 heavy (non-hydrogen) atoms. The summed E-state index contributed by atoms with van der Waals surface area (Å²) in [6.07, 6.45) is 2.18. The van der Waals surface area contributed by atoms with Crippen LogP contribution in [-0.2, 0) is 28.7 Å². The van der Waals surface area contributed by atoms with Crippen LogP contribution in [0, 0.1) is 29.1 Å². The van der Waals surface area contributed by atoms with Crippen molar-refractivity contribution in [1.82, 2.24) is 4.90 Å². The minimum absolute atomic E-state index is 0.126. The van der Waals surface area contributed by atoms with E-state index in [1.807, 2.05) is 30.0 Å². The lowest BCUT2D eigenvalue weighted by molar-refractivity contribution is -0.146. The number of hydrogen-bond donors (Lipinski definition) is 0. The summed E-state index contributed by atoms with van der Waals surface area (Å²) in [7, 11) is 0. The molecule has 1 amide bonds. The van der Waals surface area contributed by atoms with Crippen molar-refractivity contribution in [3.8, 4) is 0 Å². The van der Waals surface area contributed by atoms with Gasteiger partial charge in [-0.15, -0.1) is 0 Å². The van der Waals surface area contributed by atoms with E-state index in [0.717, 1.165) is 50.2 Å². The molecule has 2 aromatic carbocycles. The van der Waals surface area contributed by atoms with Crippen molar-refractivity contribution in [1.29, 1.82) is 0 Å². The molecule has 2 saturated carbocycles. The molecule has 2 aliphatic carbocycles. The summed E-state index contributed by atoms with van der Waals surface area (Å²) in [5.41, 5.74) is 2.23. The van der Waals surface area contributed by atoms with Gasteiger partial charge in [0.2, 0.25) is 5.91 Å². The second-order valence-corrected chi connectivity index (χ2v) is 13.3. The van der Waals surface area contributed by atoms with Crippen LogP contribution in [0.4, 0.5) is 13.2 Å². The highest BCUT2D eigenvalue weighted by atomic mass is 19.4. The number of amides is 1. The maximum absolute atomic E-state index is 14.2. The average molecular weight is 584 g/mol. The predicted molar refractivity (Wildman–Crippen MR) is 157 cm³/mol. The Hall–Kier alpha value is -2.83. The summed E-state index contributed by atoms with van der Waals surface area (Å²) in [4.78, 5) is 28.3. The molecule has 0 N–H and O–H groups in total. The van der Waals surface area contributed by atoms with E-state index in [4.69, 9.17) is 4.74 Å². The molecule has 2 aromatic rings. The number of nitrogens with zero attached hydrogens (tertiary/aromatic N) is 1. The van der Waals surface area contributed by atoms with Crippen LogP contribution >= 0.6 is 0 Å². The number of fused-ring (bicyclic) bond motifs is 1. The van der Waals surface area contributed by atoms with Crippen LogP contribution in [0.2, 0.25) is 0 Å². The standard InChI is InChI=1S/C35H44F3NO3/c1-5-42-32(40)27-8-6-7-26(18-27)31-12-10-25(17-23(31)4)28-13-15-34(20-28,22(2)3)33(41)39-16-14-24-9-11-30(35(36,37)38)19-29(24)21-39/h6-9,11,18-19,22-23,25,28,31H,5,10,12-17,20-21H2,1-4H3/t23?,25?,28-,31?,34+/m1/s1. The van der Waals surface area contributed by atoms with Crippen molar-refractivity contribution < 1.29 is 27.5 Å². The summed E-state index contributed by atoms with van der Waals surface area (Å²) < 4.78 is 45.3. The van der Waals surface area contributed by atoms with Crippen LogP contribution in [0.25, 0.3) is 0 Å². The molecule has 228 valence electrons. The zero-order valence-electron chi connectivity index (χ0n) is 25.3. The minimum Gasteiger partial charge on any atom is -0.462 e. The minimum atomic E-state index is -4.39. The molecular weight excluding hydrogens is 539 g/mol. The first kappa shape index (κ1) is 30.6. The lowest BCUT2D eigenvalue weighted by atomic mass is 9.66. The Morgan fingerprint density at radius 1 is 1.05 bits per heavy atom. The zero-order chi connectivity index (χ0) is 30.2. The lowest BCUT2D eigenvalue weighted by Gasteiger charge is -2.41. The van der Waals surface area contributed by atoms with Gasteiger partial charge in [0.15, 0.2) is 0 Å². The number of rotatable bonds is 6. The summed E-state index contributed by atoms with van der Waals surface area (Å²) in [5, 5.41) is 0. The number of benzene rings is 2. The van der Waals surface area contributed by atoms with Crippen LogP contribution in [0.3, 0.4) is 0 Å². The van der Waals surface area contributed by atoms with Crippen molar-refractivity contribution in [2.24, 2.45) is 29.1 Å². The van der Waals surface area contributed by atoms with E-state index in [9.17, 15) is 22.8 Å². The SMILES string of the molecule is CCOC(=O)c1cccc(C2CCC([C@@H]3CC[C@@](C(=O)N4CCc5ccc(C(F)(F)F)cc5C4)(C(C)C)C3)CC2C)c1. The highest BCUT2D eigenvalue weighted by Crippen LogP contribution is 2.54. The quantitative estimate of drug-likeness (QED) is 0.321. The molecule has 0 radical (unpaired) electrons. The van der Waals surface area contributed by atoms with Gasteiger partial charge in [-0.25, -0.2) is 4.79 Å². The smallest absolute Gasteiger partial charge is 0.416 e. The Morgan fingerprint density at radius 2 is 1.83 bits per heavy atom. The number of carbonyl (C=O) groups excluding carboxylic acids is 2.